The Hall–Kier alpha value is -1.56. The first-order valence-corrected chi connectivity index (χ1v) is 7.92. The Labute approximate surface area is 127 Å². The standard InChI is InChI=1S/C15H17FN2O2S/c1-9-3-4-10(16)7-11(9)17-14(20)12-8-21-15(2)6-5-13(19)18(12)15/h3-4,7,12H,5-6,8H2,1-2H3,(H,17,20)/t12-,15-/m1/s1. The number of hydrogen-bond acceptors (Lipinski definition) is 3. The Morgan fingerprint density at radius 3 is 3.05 bits per heavy atom. The molecular formula is C15H17FN2O2S. The van der Waals surface area contributed by atoms with E-state index in [0.717, 1.165) is 12.0 Å². The van der Waals surface area contributed by atoms with Crippen LogP contribution in [0.25, 0.3) is 0 Å². The fraction of sp³-hybridized carbons (Fsp3) is 0.467. The van der Waals surface area contributed by atoms with Gasteiger partial charge in [0.2, 0.25) is 11.8 Å². The minimum atomic E-state index is -0.474. The van der Waals surface area contributed by atoms with Gasteiger partial charge in [0.25, 0.3) is 0 Å². The molecule has 0 bridgehead atoms. The molecule has 1 aromatic rings. The van der Waals surface area contributed by atoms with Gasteiger partial charge in [-0.2, -0.15) is 0 Å². The number of benzene rings is 1. The zero-order chi connectivity index (χ0) is 15.2. The Balaban J connectivity index is 1.80. The molecule has 0 radical (unpaired) electrons. The Kier molecular flexibility index (Phi) is 3.43. The first-order chi connectivity index (χ1) is 9.90. The predicted molar refractivity (Wildman–Crippen MR) is 80.5 cm³/mol. The first-order valence-electron chi connectivity index (χ1n) is 6.94. The van der Waals surface area contributed by atoms with E-state index in [2.05, 4.69) is 5.32 Å². The molecule has 0 aromatic heterocycles. The number of nitrogens with one attached hydrogen (secondary N) is 1. The summed E-state index contributed by atoms with van der Waals surface area (Å²) in [7, 11) is 0. The van der Waals surface area contributed by atoms with Gasteiger partial charge in [-0.1, -0.05) is 6.07 Å². The van der Waals surface area contributed by atoms with Crippen LogP contribution in [0, 0.1) is 12.7 Å². The second kappa shape index (κ2) is 5.02. The highest BCUT2D eigenvalue weighted by atomic mass is 32.2. The number of hydrogen-bond donors (Lipinski definition) is 1. The van der Waals surface area contributed by atoms with E-state index in [-0.39, 0.29) is 16.7 Å². The lowest BCUT2D eigenvalue weighted by molar-refractivity contribution is -0.135. The van der Waals surface area contributed by atoms with Gasteiger partial charge >= 0.3 is 0 Å². The molecule has 2 amide bonds. The number of anilines is 1. The lowest BCUT2D eigenvalue weighted by Crippen LogP contribution is -2.48. The summed E-state index contributed by atoms with van der Waals surface area (Å²) in [5.41, 5.74) is 1.26. The summed E-state index contributed by atoms with van der Waals surface area (Å²) in [6, 6.07) is 3.81. The van der Waals surface area contributed by atoms with Crippen molar-refractivity contribution in [1.82, 2.24) is 4.90 Å². The lowest BCUT2D eigenvalue weighted by Gasteiger charge is -2.30. The largest absolute Gasteiger partial charge is 0.324 e. The van der Waals surface area contributed by atoms with Gasteiger partial charge in [0.1, 0.15) is 11.9 Å². The van der Waals surface area contributed by atoms with Crippen molar-refractivity contribution in [2.75, 3.05) is 11.1 Å². The van der Waals surface area contributed by atoms with Gasteiger partial charge in [-0.25, -0.2) is 4.39 Å². The maximum absolute atomic E-state index is 13.3. The number of halogens is 1. The zero-order valence-corrected chi connectivity index (χ0v) is 12.8. The number of amides is 2. The van der Waals surface area contributed by atoms with Crippen molar-refractivity contribution in [3.63, 3.8) is 0 Å². The number of fused-ring (bicyclic) bond motifs is 1. The lowest BCUT2D eigenvalue weighted by atomic mass is 10.1. The van der Waals surface area contributed by atoms with E-state index in [1.807, 2.05) is 13.8 Å². The molecule has 2 atom stereocenters. The first kappa shape index (κ1) is 14.4. The predicted octanol–water partition coefficient (Wildman–Crippen LogP) is 2.53. The van der Waals surface area contributed by atoms with Gasteiger partial charge in [-0.05, 0) is 38.0 Å². The van der Waals surface area contributed by atoms with Gasteiger partial charge in [0.05, 0.1) is 4.87 Å². The number of nitrogens with zero attached hydrogens (tertiary/aromatic N) is 1. The van der Waals surface area contributed by atoms with Crippen LogP contribution in [0.1, 0.15) is 25.3 Å². The average Bonchev–Trinajstić information content (AvgIpc) is 2.91. The summed E-state index contributed by atoms with van der Waals surface area (Å²) in [5, 5.41) is 2.76. The van der Waals surface area contributed by atoms with Gasteiger partial charge in [-0.3, -0.25) is 9.59 Å². The second-order valence-corrected chi connectivity index (χ2v) is 7.22. The third-order valence-electron chi connectivity index (χ3n) is 4.20. The van der Waals surface area contributed by atoms with Gasteiger partial charge < -0.3 is 10.2 Å². The minimum Gasteiger partial charge on any atom is -0.324 e. The van der Waals surface area contributed by atoms with Crippen LogP contribution in [0.3, 0.4) is 0 Å². The van der Waals surface area contributed by atoms with Crippen LogP contribution in [0.15, 0.2) is 18.2 Å². The van der Waals surface area contributed by atoms with Crippen molar-refractivity contribution in [1.29, 1.82) is 0 Å². The molecule has 2 fully saturated rings. The Morgan fingerprint density at radius 2 is 2.29 bits per heavy atom. The quantitative estimate of drug-likeness (QED) is 0.913. The molecule has 21 heavy (non-hydrogen) atoms. The highest BCUT2D eigenvalue weighted by Gasteiger charge is 2.52. The minimum absolute atomic E-state index is 0.0265. The maximum Gasteiger partial charge on any atom is 0.248 e. The fourth-order valence-corrected chi connectivity index (χ4v) is 4.39. The number of thioether (sulfide) groups is 1. The molecule has 2 saturated heterocycles. The smallest absolute Gasteiger partial charge is 0.248 e. The molecule has 2 heterocycles. The fourth-order valence-electron chi connectivity index (χ4n) is 2.96. The van der Waals surface area contributed by atoms with Crippen molar-refractivity contribution < 1.29 is 14.0 Å². The molecule has 112 valence electrons. The number of carbonyl (C=O) groups is 2. The van der Waals surface area contributed by atoms with Crippen LogP contribution >= 0.6 is 11.8 Å². The number of carbonyl (C=O) groups excluding carboxylic acids is 2. The summed E-state index contributed by atoms with van der Waals surface area (Å²) >= 11 is 1.64. The summed E-state index contributed by atoms with van der Waals surface area (Å²) in [6.45, 7) is 3.81. The SMILES string of the molecule is Cc1ccc(F)cc1NC(=O)[C@H]1CS[C@]2(C)CCC(=O)N12. The summed E-state index contributed by atoms with van der Waals surface area (Å²) in [4.78, 5) is 25.9. The van der Waals surface area contributed by atoms with E-state index < -0.39 is 11.9 Å². The molecule has 2 aliphatic heterocycles. The van der Waals surface area contributed by atoms with E-state index in [1.54, 1.807) is 22.7 Å². The normalized spacial score (nSPS) is 27.9. The molecule has 0 spiro atoms. The van der Waals surface area contributed by atoms with Gasteiger partial charge in [0.15, 0.2) is 0 Å². The van der Waals surface area contributed by atoms with Crippen LogP contribution in [0.5, 0.6) is 0 Å². The van der Waals surface area contributed by atoms with Crippen molar-refractivity contribution in [2.45, 2.75) is 37.6 Å². The summed E-state index contributed by atoms with van der Waals surface area (Å²) < 4.78 is 13.3. The second-order valence-electron chi connectivity index (χ2n) is 5.71. The molecule has 0 saturated carbocycles. The van der Waals surface area contributed by atoms with Crippen LogP contribution in [0.4, 0.5) is 10.1 Å². The van der Waals surface area contributed by atoms with E-state index in [9.17, 15) is 14.0 Å². The van der Waals surface area contributed by atoms with Crippen molar-refractivity contribution >= 4 is 29.3 Å². The van der Waals surface area contributed by atoms with Crippen LogP contribution in [0.2, 0.25) is 0 Å². The third kappa shape index (κ3) is 2.41. The topological polar surface area (TPSA) is 49.4 Å². The molecule has 6 heteroatoms. The van der Waals surface area contributed by atoms with Crippen molar-refractivity contribution in [2.24, 2.45) is 0 Å². The number of rotatable bonds is 2. The molecule has 0 unspecified atom stereocenters. The Bertz CT molecular complexity index is 622. The van der Waals surface area contributed by atoms with Crippen LogP contribution in [-0.2, 0) is 9.59 Å². The average molecular weight is 308 g/mol. The third-order valence-corrected chi connectivity index (χ3v) is 5.71. The van der Waals surface area contributed by atoms with E-state index in [4.69, 9.17) is 0 Å². The summed E-state index contributed by atoms with van der Waals surface area (Å²) in [6.07, 6.45) is 1.27. The molecule has 0 aliphatic carbocycles. The van der Waals surface area contributed by atoms with Crippen molar-refractivity contribution in [3.8, 4) is 0 Å². The van der Waals surface area contributed by atoms with Crippen molar-refractivity contribution in [3.05, 3.63) is 29.6 Å². The molecule has 1 aromatic carbocycles. The molecule has 4 nitrogen and oxygen atoms in total. The molecule has 2 aliphatic rings. The van der Waals surface area contributed by atoms with Gasteiger partial charge in [-0.15, -0.1) is 11.8 Å². The van der Waals surface area contributed by atoms with E-state index >= 15 is 0 Å². The Morgan fingerprint density at radius 1 is 1.52 bits per heavy atom. The highest BCUT2D eigenvalue weighted by molar-refractivity contribution is 8.01. The molecular weight excluding hydrogens is 291 g/mol. The van der Waals surface area contributed by atoms with Gasteiger partial charge in [0, 0.05) is 17.9 Å². The zero-order valence-electron chi connectivity index (χ0n) is 12.0. The van der Waals surface area contributed by atoms with Crippen LogP contribution in [-0.4, -0.2) is 33.4 Å². The molecule has 3 rings (SSSR count). The van der Waals surface area contributed by atoms with Crippen LogP contribution < -0.4 is 5.32 Å². The monoisotopic (exact) mass is 308 g/mol. The summed E-state index contributed by atoms with van der Waals surface area (Å²) in [5.74, 6) is -0.0183. The number of aryl methyl sites for hydroxylation is 1. The van der Waals surface area contributed by atoms with E-state index in [1.165, 1.54) is 12.1 Å². The maximum atomic E-state index is 13.3. The van der Waals surface area contributed by atoms with E-state index in [0.29, 0.717) is 17.9 Å². The molecule has 1 N–H and O–H groups in total. The highest BCUT2D eigenvalue weighted by Crippen LogP contribution is 2.47.